The van der Waals surface area contributed by atoms with E-state index in [2.05, 4.69) is 31.1 Å². The number of H-pyrrole nitrogens is 1. The van der Waals surface area contributed by atoms with Gasteiger partial charge in [-0.1, -0.05) is 6.07 Å². The molecule has 156 valence electrons. The number of hydrazine groups is 2. The number of nitrogens with one attached hydrogen (secondary N) is 3. The molecule has 0 saturated heterocycles. The molecule has 0 amide bonds. The number of amidine groups is 1. The SMILES string of the molecule is Nc1nc2cc(-c3cnc(N)c(C4=NNNN4c4cccc(F)c4F)c3)c(F)cc2[nH]1. The van der Waals surface area contributed by atoms with Crippen molar-refractivity contribution in [2.24, 2.45) is 5.10 Å². The monoisotopic (exact) mass is 425 g/mol. The summed E-state index contributed by atoms with van der Waals surface area (Å²) >= 11 is 0. The number of pyridine rings is 1. The summed E-state index contributed by atoms with van der Waals surface area (Å²) in [5.74, 6) is -2.32. The van der Waals surface area contributed by atoms with Gasteiger partial charge in [-0.3, -0.25) is 0 Å². The van der Waals surface area contributed by atoms with Crippen LogP contribution < -0.4 is 27.5 Å². The van der Waals surface area contributed by atoms with Gasteiger partial charge >= 0.3 is 0 Å². The van der Waals surface area contributed by atoms with Gasteiger partial charge in [-0.15, -0.1) is 10.6 Å². The van der Waals surface area contributed by atoms with Crippen LogP contribution in [-0.2, 0) is 0 Å². The molecular weight excluding hydrogens is 411 g/mol. The van der Waals surface area contributed by atoms with Gasteiger partial charge in [0.2, 0.25) is 0 Å². The van der Waals surface area contributed by atoms with Crippen LogP contribution in [0.15, 0.2) is 47.7 Å². The summed E-state index contributed by atoms with van der Waals surface area (Å²) in [5.41, 5.74) is 18.4. The predicted molar refractivity (Wildman–Crippen MR) is 110 cm³/mol. The smallest absolute Gasteiger partial charge is 0.198 e. The maximum Gasteiger partial charge on any atom is 0.198 e. The number of benzene rings is 2. The zero-order chi connectivity index (χ0) is 21.7. The molecule has 0 unspecified atom stereocenters. The zero-order valence-electron chi connectivity index (χ0n) is 15.6. The first kappa shape index (κ1) is 18.7. The highest BCUT2D eigenvalue weighted by atomic mass is 19.2. The second-order valence-corrected chi connectivity index (χ2v) is 6.70. The molecule has 0 spiro atoms. The fourth-order valence-electron chi connectivity index (χ4n) is 3.32. The van der Waals surface area contributed by atoms with Gasteiger partial charge in [-0.2, -0.15) is 0 Å². The number of hydrazone groups is 1. The van der Waals surface area contributed by atoms with Crippen molar-refractivity contribution in [3.05, 3.63) is 65.6 Å². The van der Waals surface area contributed by atoms with Gasteiger partial charge in [-0.05, 0) is 24.3 Å². The number of anilines is 3. The van der Waals surface area contributed by atoms with Crippen LogP contribution in [0, 0.1) is 17.5 Å². The molecule has 5 rings (SSSR count). The van der Waals surface area contributed by atoms with Crippen molar-refractivity contribution in [3.8, 4) is 11.1 Å². The summed E-state index contributed by atoms with van der Waals surface area (Å²) in [4.78, 5) is 11.0. The summed E-state index contributed by atoms with van der Waals surface area (Å²) in [7, 11) is 0. The van der Waals surface area contributed by atoms with Gasteiger partial charge in [0.15, 0.2) is 23.4 Å². The Morgan fingerprint density at radius 2 is 1.81 bits per heavy atom. The van der Waals surface area contributed by atoms with E-state index in [9.17, 15) is 13.2 Å². The quantitative estimate of drug-likeness (QED) is 0.340. The number of hydrogen-bond donors (Lipinski definition) is 5. The Morgan fingerprint density at radius 1 is 0.968 bits per heavy atom. The minimum Gasteiger partial charge on any atom is -0.383 e. The molecule has 0 radical (unpaired) electrons. The van der Waals surface area contributed by atoms with E-state index in [0.717, 1.165) is 6.07 Å². The lowest BCUT2D eigenvalue weighted by Crippen LogP contribution is -2.42. The van der Waals surface area contributed by atoms with Crippen LogP contribution in [0.5, 0.6) is 0 Å². The lowest BCUT2D eigenvalue weighted by atomic mass is 10.0. The van der Waals surface area contributed by atoms with Crippen LogP contribution in [0.25, 0.3) is 22.2 Å². The van der Waals surface area contributed by atoms with Crippen molar-refractivity contribution in [1.29, 1.82) is 0 Å². The number of fused-ring (bicyclic) bond motifs is 1. The number of nitrogens with zero attached hydrogens (tertiary/aromatic N) is 4. The third-order valence-corrected chi connectivity index (χ3v) is 4.77. The number of imidazole rings is 1. The number of halogens is 3. The summed E-state index contributed by atoms with van der Waals surface area (Å²) in [6.45, 7) is 0. The number of nitrogens with two attached hydrogens (primary N) is 2. The number of aromatic nitrogens is 3. The maximum absolute atomic E-state index is 14.8. The van der Waals surface area contributed by atoms with Crippen molar-refractivity contribution < 1.29 is 13.2 Å². The first-order valence-electron chi connectivity index (χ1n) is 8.96. The van der Waals surface area contributed by atoms with E-state index in [0.29, 0.717) is 16.6 Å². The average Bonchev–Trinajstić information content (AvgIpc) is 3.35. The zero-order valence-corrected chi connectivity index (χ0v) is 15.6. The fraction of sp³-hybridized carbons (Fsp3) is 0. The summed E-state index contributed by atoms with van der Waals surface area (Å²) < 4.78 is 42.8. The topological polar surface area (TPSA) is 133 Å². The molecule has 0 aliphatic carbocycles. The Morgan fingerprint density at radius 3 is 2.65 bits per heavy atom. The van der Waals surface area contributed by atoms with Crippen LogP contribution in [0.4, 0.5) is 30.6 Å². The largest absolute Gasteiger partial charge is 0.383 e. The molecule has 4 aromatic rings. The number of aromatic amines is 1. The van der Waals surface area contributed by atoms with E-state index in [1.807, 2.05) is 0 Å². The highest BCUT2D eigenvalue weighted by molar-refractivity contribution is 6.13. The fourth-order valence-corrected chi connectivity index (χ4v) is 3.32. The Labute approximate surface area is 172 Å². The lowest BCUT2D eigenvalue weighted by Gasteiger charge is -2.20. The van der Waals surface area contributed by atoms with Crippen molar-refractivity contribution in [1.82, 2.24) is 26.0 Å². The van der Waals surface area contributed by atoms with Gasteiger partial charge < -0.3 is 16.5 Å². The van der Waals surface area contributed by atoms with Crippen LogP contribution >= 0.6 is 0 Å². The number of rotatable bonds is 3. The van der Waals surface area contributed by atoms with Gasteiger partial charge in [0.05, 0.1) is 16.6 Å². The van der Waals surface area contributed by atoms with Gasteiger partial charge in [0, 0.05) is 23.4 Å². The van der Waals surface area contributed by atoms with Crippen LogP contribution in [-0.4, -0.2) is 20.8 Å². The molecule has 7 N–H and O–H groups in total. The molecule has 0 fully saturated rings. The van der Waals surface area contributed by atoms with Crippen LogP contribution in [0.3, 0.4) is 0 Å². The summed E-state index contributed by atoms with van der Waals surface area (Å²) in [5, 5.41) is 5.22. The minimum atomic E-state index is -1.08. The van der Waals surface area contributed by atoms with E-state index >= 15 is 0 Å². The molecule has 0 atom stereocenters. The van der Waals surface area contributed by atoms with Crippen molar-refractivity contribution in [2.75, 3.05) is 16.5 Å². The van der Waals surface area contributed by atoms with Crippen LogP contribution in [0.2, 0.25) is 0 Å². The van der Waals surface area contributed by atoms with Crippen molar-refractivity contribution in [2.45, 2.75) is 0 Å². The van der Waals surface area contributed by atoms with Crippen LogP contribution in [0.1, 0.15) is 5.56 Å². The average molecular weight is 425 g/mol. The van der Waals surface area contributed by atoms with Gasteiger partial charge in [0.25, 0.3) is 0 Å². The lowest BCUT2D eigenvalue weighted by molar-refractivity contribution is 0.504. The molecule has 1 aliphatic heterocycles. The maximum atomic E-state index is 14.8. The second kappa shape index (κ2) is 6.88. The summed E-state index contributed by atoms with van der Waals surface area (Å²) in [6, 6.07) is 8.04. The normalized spacial score (nSPS) is 13.5. The van der Waals surface area contributed by atoms with Crippen molar-refractivity contribution >= 4 is 34.3 Å². The Bertz CT molecular complexity index is 1370. The molecule has 9 nitrogen and oxygen atoms in total. The third-order valence-electron chi connectivity index (χ3n) is 4.77. The second-order valence-electron chi connectivity index (χ2n) is 6.70. The molecule has 31 heavy (non-hydrogen) atoms. The molecule has 2 aromatic heterocycles. The van der Waals surface area contributed by atoms with E-state index in [-0.39, 0.29) is 34.4 Å². The standard InChI is InChI=1S/C19H14F3N9/c20-11-2-1-3-15(16(11)22)31-18(28-29-30-31)10-4-8(7-25-17(10)23)9-5-13-14(6-12(9)21)27-19(24)26-13/h1-7,29-30H,(H2,23,25)(H3,24,26,27). The molecule has 1 aliphatic rings. The molecule has 0 bridgehead atoms. The van der Waals surface area contributed by atoms with Gasteiger partial charge in [0.1, 0.15) is 17.3 Å². The third kappa shape index (κ3) is 3.05. The van der Waals surface area contributed by atoms with E-state index in [1.165, 1.54) is 35.5 Å². The first-order chi connectivity index (χ1) is 14.9. The van der Waals surface area contributed by atoms with E-state index < -0.39 is 17.5 Å². The highest BCUT2D eigenvalue weighted by Crippen LogP contribution is 2.30. The predicted octanol–water partition coefficient (Wildman–Crippen LogP) is 2.40. The van der Waals surface area contributed by atoms with E-state index in [4.69, 9.17) is 11.5 Å². The van der Waals surface area contributed by atoms with E-state index in [1.54, 1.807) is 6.07 Å². The highest BCUT2D eigenvalue weighted by Gasteiger charge is 2.27. The molecule has 2 aromatic carbocycles. The molecule has 12 heteroatoms. The molecular formula is C19H14F3N9. The molecule has 3 heterocycles. The van der Waals surface area contributed by atoms with Gasteiger partial charge in [-0.25, -0.2) is 33.7 Å². The summed E-state index contributed by atoms with van der Waals surface area (Å²) in [6.07, 6.45) is 1.39. The Hall–Kier alpha value is -4.32. The first-order valence-corrected chi connectivity index (χ1v) is 8.96. The number of nitrogen functional groups attached to an aromatic ring is 2. The van der Waals surface area contributed by atoms with Crippen molar-refractivity contribution in [3.63, 3.8) is 0 Å². The Kier molecular flexibility index (Phi) is 4.15. The molecule has 0 saturated carbocycles. The minimum absolute atomic E-state index is 0.0558. The number of hydrogen-bond acceptors (Lipinski definition) is 8. The Balaban J connectivity index is 1.61.